The van der Waals surface area contributed by atoms with E-state index in [1.54, 1.807) is 0 Å². The molecular formula is C17H26N2O8S. The number of hydrogen-bond acceptors (Lipinski definition) is 9. The number of amides is 2. The number of esters is 2. The van der Waals surface area contributed by atoms with Crippen molar-refractivity contribution in [3.8, 4) is 0 Å². The number of aliphatic hydroxyl groups is 1. The van der Waals surface area contributed by atoms with Crippen LogP contribution in [0.25, 0.3) is 0 Å². The lowest BCUT2D eigenvalue weighted by molar-refractivity contribution is -0.170. The maximum absolute atomic E-state index is 12.5. The van der Waals surface area contributed by atoms with Gasteiger partial charge < -0.3 is 25.2 Å². The van der Waals surface area contributed by atoms with Gasteiger partial charge in [-0.2, -0.15) is 0 Å². The van der Waals surface area contributed by atoms with Gasteiger partial charge >= 0.3 is 11.9 Å². The molecule has 1 aliphatic rings. The average Bonchev–Trinajstić information content (AvgIpc) is 2.59. The molecule has 10 nitrogen and oxygen atoms in total. The van der Waals surface area contributed by atoms with E-state index in [4.69, 9.17) is 9.47 Å². The molecule has 0 aromatic heterocycles. The van der Waals surface area contributed by atoms with E-state index < -0.39 is 40.6 Å². The van der Waals surface area contributed by atoms with E-state index in [1.165, 1.54) is 20.8 Å². The smallest absolute Gasteiger partial charge is 0.385 e. The maximum atomic E-state index is 12.5. The lowest BCUT2D eigenvalue weighted by Crippen LogP contribution is -2.49. The highest BCUT2D eigenvalue weighted by Crippen LogP contribution is 2.25. The summed E-state index contributed by atoms with van der Waals surface area (Å²) in [5.74, 6) is -2.71. The summed E-state index contributed by atoms with van der Waals surface area (Å²) in [6.07, 6.45) is -2.65. The SMILES string of the molecule is C[C@H](O)CC(=O)O[C@H]1C(=O)NCCC(=O)NCCSC(=O)C(=O)OCC1(C)C. The van der Waals surface area contributed by atoms with Crippen LogP contribution in [0.4, 0.5) is 0 Å². The van der Waals surface area contributed by atoms with Gasteiger partial charge in [0, 0.05) is 30.7 Å². The van der Waals surface area contributed by atoms with Crippen LogP contribution in [0, 0.1) is 5.41 Å². The van der Waals surface area contributed by atoms with Crippen LogP contribution < -0.4 is 10.6 Å². The number of aliphatic hydroxyl groups excluding tert-OH is 1. The van der Waals surface area contributed by atoms with Crippen LogP contribution in [0.3, 0.4) is 0 Å². The molecule has 0 aliphatic carbocycles. The molecule has 3 N–H and O–H groups in total. The van der Waals surface area contributed by atoms with Gasteiger partial charge in [-0.3, -0.25) is 19.2 Å². The molecule has 0 aromatic rings. The molecule has 28 heavy (non-hydrogen) atoms. The Bertz CT molecular complexity index is 620. The van der Waals surface area contributed by atoms with Gasteiger partial charge in [-0.15, -0.1) is 0 Å². The van der Waals surface area contributed by atoms with E-state index in [9.17, 15) is 29.1 Å². The number of carbonyl (C=O) groups excluding carboxylic acids is 5. The highest BCUT2D eigenvalue weighted by atomic mass is 32.2. The number of nitrogens with one attached hydrogen (secondary N) is 2. The Labute approximate surface area is 167 Å². The van der Waals surface area contributed by atoms with Crippen LogP contribution in [0.1, 0.15) is 33.6 Å². The molecule has 0 radical (unpaired) electrons. The summed E-state index contributed by atoms with van der Waals surface area (Å²) in [5, 5.41) is 13.6. The van der Waals surface area contributed by atoms with E-state index in [0.717, 1.165) is 0 Å². The Morgan fingerprint density at radius 3 is 2.61 bits per heavy atom. The van der Waals surface area contributed by atoms with Crippen molar-refractivity contribution in [3.05, 3.63) is 0 Å². The van der Waals surface area contributed by atoms with Crippen molar-refractivity contribution in [2.75, 3.05) is 25.4 Å². The van der Waals surface area contributed by atoms with Crippen LogP contribution in [0.5, 0.6) is 0 Å². The molecule has 2 atom stereocenters. The number of rotatable bonds is 3. The third-order valence-electron chi connectivity index (χ3n) is 3.71. The summed E-state index contributed by atoms with van der Waals surface area (Å²) in [7, 11) is 0. The molecule has 158 valence electrons. The number of cyclic esters (lactones) is 1. The van der Waals surface area contributed by atoms with Crippen molar-refractivity contribution in [2.24, 2.45) is 5.41 Å². The summed E-state index contributed by atoms with van der Waals surface area (Å²) in [4.78, 5) is 59.8. The second-order valence-corrected chi connectivity index (χ2v) is 8.08. The fourth-order valence-electron chi connectivity index (χ4n) is 2.25. The Morgan fingerprint density at radius 1 is 1.29 bits per heavy atom. The minimum atomic E-state index is -1.36. The third-order valence-corrected chi connectivity index (χ3v) is 4.55. The van der Waals surface area contributed by atoms with Crippen molar-refractivity contribution in [3.63, 3.8) is 0 Å². The molecule has 1 aliphatic heterocycles. The first-order valence-corrected chi connectivity index (χ1v) is 9.77. The molecule has 0 bridgehead atoms. The predicted molar refractivity (Wildman–Crippen MR) is 99.0 cm³/mol. The fourth-order valence-corrected chi connectivity index (χ4v) is 2.81. The van der Waals surface area contributed by atoms with Crippen molar-refractivity contribution in [1.82, 2.24) is 10.6 Å². The second kappa shape index (κ2) is 11.0. The number of thioether (sulfide) groups is 1. The first kappa shape index (κ1) is 23.9. The first-order chi connectivity index (χ1) is 13.0. The number of hydrogen-bond donors (Lipinski definition) is 3. The highest BCUT2D eigenvalue weighted by molar-refractivity contribution is 8.15. The standard InChI is InChI=1S/C17H26N2O8S/c1-10(20)8-12(22)27-13-14(23)19-5-4-11(21)18-6-7-28-16(25)15(24)26-9-17(13,2)3/h10,13,20H,4-9H2,1-3H3,(H,18,21)(H,19,23)/t10-,13-/m0/s1. The zero-order valence-corrected chi connectivity index (χ0v) is 16.9. The zero-order chi connectivity index (χ0) is 21.3. The van der Waals surface area contributed by atoms with Crippen LogP contribution in [-0.2, 0) is 33.4 Å². The van der Waals surface area contributed by atoms with Crippen molar-refractivity contribution in [1.29, 1.82) is 0 Å². The van der Waals surface area contributed by atoms with E-state index >= 15 is 0 Å². The molecule has 2 amide bonds. The molecule has 1 saturated heterocycles. The molecule has 1 heterocycles. The second-order valence-electron chi connectivity index (χ2n) is 7.01. The van der Waals surface area contributed by atoms with Crippen LogP contribution in [0.2, 0.25) is 0 Å². The third kappa shape index (κ3) is 8.26. The van der Waals surface area contributed by atoms with Crippen LogP contribution in [-0.4, -0.2) is 71.6 Å². The van der Waals surface area contributed by atoms with E-state index in [2.05, 4.69) is 10.6 Å². The van der Waals surface area contributed by atoms with Crippen LogP contribution >= 0.6 is 11.8 Å². The zero-order valence-electron chi connectivity index (χ0n) is 16.1. The molecule has 0 aromatic carbocycles. The quantitative estimate of drug-likeness (QED) is 0.393. The topological polar surface area (TPSA) is 148 Å². The average molecular weight is 418 g/mol. The molecule has 0 spiro atoms. The number of ether oxygens (including phenoxy) is 2. The Morgan fingerprint density at radius 2 is 1.96 bits per heavy atom. The monoisotopic (exact) mass is 418 g/mol. The van der Waals surface area contributed by atoms with E-state index in [1.807, 2.05) is 0 Å². The minimum Gasteiger partial charge on any atom is -0.459 e. The van der Waals surface area contributed by atoms with Crippen molar-refractivity contribution < 1.29 is 38.6 Å². The Balaban J connectivity index is 2.98. The highest BCUT2D eigenvalue weighted by Gasteiger charge is 2.40. The van der Waals surface area contributed by atoms with Gasteiger partial charge in [0.2, 0.25) is 5.91 Å². The van der Waals surface area contributed by atoms with Gasteiger partial charge in [-0.1, -0.05) is 25.6 Å². The van der Waals surface area contributed by atoms with Crippen LogP contribution in [0.15, 0.2) is 0 Å². The maximum Gasteiger partial charge on any atom is 0.385 e. The molecule has 1 rings (SSSR count). The summed E-state index contributed by atoms with van der Waals surface area (Å²) in [6, 6.07) is 0. The van der Waals surface area contributed by atoms with Gasteiger partial charge in [0.1, 0.15) is 6.61 Å². The summed E-state index contributed by atoms with van der Waals surface area (Å²) in [5.41, 5.74) is -1.17. The normalized spacial score (nSPS) is 23.4. The Hall–Kier alpha value is -2.14. The summed E-state index contributed by atoms with van der Waals surface area (Å²) < 4.78 is 10.2. The van der Waals surface area contributed by atoms with Gasteiger partial charge in [0.05, 0.1) is 12.5 Å². The number of carbonyl (C=O) groups is 5. The lowest BCUT2D eigenvalue weighted by Gasteiger charge is -2.32. The predicted octanol–water partition coefficient (Wildman–Crippen LogP) is -0.866. The molecule has 0 saturated carbocycles. The van der Waals surface area contributed by atoms with Gasteiger partial charge in [-0.05, 0) is 6.92 Å². The Kier molecular flexibility index (Phi) is 9.39. The molecule has 1 fully saturated rings. The molecule has 11 heteroatoms. The largest absolute Gasteiger partial charge is 0.459 e. The molecular weight excluding hydrogens is 392 g/mol. The van der Waals surface area contributed by atoms with Crippen molar-refractivity contribution >= 4 is 40.6 Å². The van der Waals surface area contributed by atoms with Crippen molar-refractivity contribution in [2.45, 2.75) is 45.8 Å². The first-order valence-electron chi connectivity index (χ1n) is 8.78. The van der Waals surface area contributed by atoms with E-state index in [-0.39, 0.29) is 44.2 Å². The van der Waals surface area contributed by atoms with Gasteiger partial charge in [0.15, 0.2) is 6.10 Å². The summed E-state index contributed by atoms with van der Waals surface area (Å²) >= 11 is 0.713. The fraction of sp³-hybridized carbons (Fsp3) is 0.706. The molecule has 0 unspecified atom stereocenters. The minimum absolute atomic E-state index is 0.00540. The van der Waals surface area contributed by atoms with Gasteiger partial charge in [-0.25, -0.2) is 4.79 Å². The lowest BCUT2D eigenvalue weighted by atomic mass is 9.86. The van der Waals surface area contributed by atoms with Gasteiger partial charge in [0.25, 0.3) is 11.0 Å². The van der Waals surface area contributed by atoms with E-state index in [0.29, 0.717) is 11.8 Å². The summed E-state index contributed by atoms with van der Waals surface area (Å²) in [6.45, 7) is 4.30.